The van der Waals surface area contributed by atoms with E-state index in [1.54, 1.807) is 6.92 Å². The number of nitrogens with zero attached hydrogens (tertiary/aromatic N) is 3. The van der Waals surface area contributed by atoms with Crippen LogP contribution in [0.25, 0.3) is 11.0 Å². The van der Waals surface area contributed by atoms with Crippen LogP contribution in [0.3, 0.4) is 0 Å². The zero-order valence-electron chi connectivity index (χ0n) is 16.2. The Bertz CT molecular complexity index is 1240. The van der Waals surface area contributed by atoms with Gasteiger partial charge in [0.05, 0.1) is 12.7 Å². The third-order valence-electron chi connectivity index (χ3n) is 4.49. The Morgan fingerprint density at radius 2 is 1.83 bits per heavy atom. The predicted octanol–water partition coefficient (Wildman–Crippen LogP) is 2.07. The number of anilines is 1. The fourth-order valence-electron chi connectivity index (χ4n) is 3.01. The number of hydrogen-bond donors (Lipinski definition) is 1. The molecule has 0 bridgehead atoms. The standard InChI is InChI=1S/C19H17F3N4O4/c1-10-8-23-16-14(15(10)30-3)17(28)26(18(29)25(16)2)9-13(27)24-12-6-4-11(5-7-12)19(20,21)22/h4-8H,9H2,1-3H3,(H,24,27). The topological polar surface area (TPSA) is 95.2 Å². The Morgan fingerprint density at radius 1 is 1.20 bits per heavy atom. The molecule has 2 aromatic heterocycles. The van der Waals surface area contributed by atoms with Crippen molar-refractivity contribution >= 4 is 22.6 Å². The number of halogens is 3. The summed E-state index contributed by atoms with van der Waals surface area (Å²) in [7, 11) is 2.77. The number of amides is 1. The molecule has 0 fully saturated rings. The van der Waals surface area contributed by atoms with Gasteiger partial charge in [-0.3, -0.25) is 14.2 Å². The molecule has 3 aromatic rings. The number of ether oxygens (including phenoxy) is 1. The van der Waals surface area contributed by atoms with Gasteiger partial charge in [0, 0.05) is 24.5 Å². The van der Waals surface area contributed by atoms with E-state index in [9.17, 15) is 27.6 Å². The summed E-state index contributed by atoms with van der Waals surface area (Å²) >= 11 is 0. The zero-order valence-corrected chi connectivity index (χ0v) is 16.2. The second-order valence-corrected chi connectivity index (χ2v) is 6.53. The van der Waals surface area contributed by atoms with Crippen molar-refractivity contribution in [3.63, 3.8) is 0 Å². The summed E-state index contributed by atoms with van der Waals surface area (Å²) in [4.78, 5) is 41.9. The van der Waals surface area contributed by atoms with Gasteiger partial charge in [-0.25, -0.2) is 14.3 Å². The predicted molar refractivity (Wildman–Crippen MR) is 103 cm³/mol. The molecule has 0 aliphatic rings. The minimum atomic E-state index is -4.50. The summed E-state index contributed by atoms with van der Waals surface area (Å²) in [5.74, 6) is -0.523. The monoisotopic (exact) mass is 422 g/mol. The van der Waals surface area contributed by atoms with E-state index >= 15 is 0 Å². The van der Waals surface area contributed by atoms with E-state index in [2.05, 4.69) is 10.3 Å². The van der Waals surface area contributed by atoms with Gasteiger partial charge in [-0.1, -0.05) is 0 Å². The van der Waals surface area contributed by atoms with E-state index in [0.717, 1.165) is 28.8 Å². The lowest BCUT2D eigenvalue weighted by molar-refractivity contribution is -0.137. The Labute approximate surface area is 167 Å². The van der Waals surface area contributed by atoms with Gasteiger partial charge in [0.1, 0.15) is 17.7 Å². The van der Waals surface area contributed by atoms with Crippen molar-refractivity contribution in [2.45, 2.75) is 19.6 Å². The average Bonchev–Trinajstić information content (AvgIpc) is 2.69. The number of benzene rings is 1. The maximum absolute atomic E-state index is 12.9. The van der Waals surface area contributed by atoms with Crippen LogP contribution < -0.4 is 21.3 Å². The summed E-state index contributed by atoms with van der Waals surface area (Å²) in [6.45, 7) is 1.04. The van der Waals surface area contributed by atoms with Crippen molar-refractivity contribution in [1.82, 2.24) is 14.1 Å². The van der Waals surface area contributed by atoms with Crippen molar-refractivity contribution in [3.8, 4) is 5.75 Å². The van der Waals surface area contributed by atoms with Crippen LogP contribution in [0.15, 0.2) is 40.1 Å². The van der Waals surface area contributed by atoms with Crippen molar-refractivity contribution in [3.05, 3.63) is 62.4 Å². The highest BCUT2D eigenvalue weighted by Gasteiger charge is 2.30. The summed E-state index contributed by atoms with van der Waals surface area (Å²) in [5, 5.41) is 2.41. The van der Waals surface area contributed by atoms with Crippen LogP contribution in [-0.2, 0) is 24.6 Å². The van der Waals surface area contributed by atoms with E-state index in [-0.39, 0.29) is 22.5 Å². The van der Waals surface area contributed by atoms with Crippen LogP contribution in [0.5, 0.6) is 5.75 Å². The van der Waals surface area contributed by atoms with Crippen molar-refractivity contribution in [2.24, 2.45) is 7.05 Å². The molecule has 1 N–H and O–H groups in total. The molecule has 0 aliphatic heterocycles. The van der Waals surface area contributed by atoms with Gasteiger partial charge >= 0.3 is 11.9 Å². The first-order chi connectivity index (χ1) is 14.0. The van der Waals surface area contributed by atoms with Gasteiger partial charge < -0.3 is 10.1 Å². The molecule has 1 aromatic carbocycles. The van der Waals surface area contributed by atoms with E-state index in [4.69, 9.17) is 4.74 Å². The molecule has 3 rings (SSSR count). The fraction of sp³-hybridized carbons (Fsp3) is 0.263. The molecule has 0 unspecified atom stereocenters. The smallest absolute Gasteiger partial charge is 0.416 e. The van der Waals surface area contributed by atoms with Crippen molar-refractivity contribution in [1.29, 1.82) is 0 Å². The quantitative estimate of drug-likeness (QED) is 0.695. The van der Waals surface area contributed by atoms with Crippen LogP contribution in [0.2, 0.25) is 0 Å². The normalized spacial score (nSPS) is 11.5. The average molecular weight is 422 g/mol. The lowest BCUT2D eigenvalue weighted by Gasteiger charge is -2.13. The maximum Gasteiger partial charge on any atom is 0.416 e. The third kappa shape index (κ3) is 3.78. The van der Waals surface area contributed by atoms with E-state index in [1.165, 1.54) is 20.4 Å². The molecule has 0 spiro atoms. The Morgan fingerprint density at radius 3 is 2.40 bits per heavy atom. The van der Waals surface area contributed by atoms with E-state index in [0.29, 0.717) is 10.1 Å². The van der Waals surface area contributed by atoms with Crippen LogP contribution >= 0.6 is 0 Å². The molecule has 8 nitrogen and oxygen atoms in total. The Hall–Kier alpha value is -3.63. The second-order valence-electron chi connectivity index (χ2n) is 6.53. The minimum absolute atomic E-state index is 0.0435. The number of alkyl halides is 3. The molecule has 0 aliphatic carbocycles. The first kappa shape index (κ1) is 21.1. The summed E-state index contributed by atoms with van der Waals surface area (Å²) in [5.41, 5.74) is -1.63. The van der Waals surface area contributed by atoms with Crippen molar-refractivity contribution in [2.75, 3.05) is 12.4 Å². The van der Waals surface area contributed by atoms with Gasteiger partial charge in [-0.15, -0.1) is 0 Å². The molecular formula is C19H17F3N4O4. The molecular weight excluding hydrogens is 405 g/mol. The van der Waals surface area contributed by atoms with Gasteiger partial charge in [-0.2, -0.15) is 13.2 Å². The number of carbonyl (C=O) groups is 1. The molecule has 0 radical (unpaired) electrons. The van der Waals surface area contributed by atoms with Gasteiger partial charge in [0.25, 0.3) is 5.56 Å². The van der Waals surface area contributed by atoms with Gasteiger partial charge in [0.15, 0.2) is 5.65 Å². The number of hydrogen-bond acceptors (Lipinski definition) is 5. The van der Waals surface area contributed by atoms with Gasteiger partial charge in [-0.05, 0) is 31.2 Å². The largest absolute Gasteiger partial charge is 0.495 e. The summed E-state index contributed by atoms with van der Waals surface area (Å²) < 4.78 is 45.0. The number of pyridine rings is 1. The lowest BCUT2D eigenvalue weighted by Crippen LogP contribution is -2.42. The maximum atomic E-state index is 12.9. The number of rotatable bonds is 4. The number of aryl methyl sites for hydroxylation is 2. The Balaban J connectivity index is 1.96. The number of carbonyl (C=O) groups excluding carboxylic acids is 1. The van der Waals surface area contributed by atoms with Crippen LogP contribution in [-0.4, -0.2) is 27.1 Å². The molecule has 0 saturated carbocycles. The van der Waals surface area contributed by atoms with Crippen LogP contribution in [0.4, 0.5) is 18.9 Å². The first-order valence-corrected chi connectivity index (χ1v) is 8.64. The number of aromatic nitrogens is 3. The molecule has 158 valence electrons. The summed E-state index contributed by atoms with van der Waals surface area (Å²) in [6.07, 6.45) is -3.04. The first-order valence-electron chi connectivity index (χ1n) is 8.64. The molecule has 0 atom stereocenters. The van der Waals surface area contributed by atoms with E-state index in [1.807, 2.05) is 0 Å². The highest BCUT2D eigenvalue weighted by molar-refractivity contribution is 5.91. The third-order valence-corrected chi connectivity index (χ3v) is 4.49. The van der Waals surface area contributed by atoms with Gasteiger partial charge in [0.2, 0.25) is 5.91 Å². The fourth-order valence-corrected chi connectivity index (χ4v) is 3.01. The highest BCUT2D eigenvalue weighted by Crippen LogP contribution is 2.29. The molecule has 0 saturated heterocycles. The van der Waals surface area contributed by atoms with Crippen molar-refractivity contribution < 1.29 is 22.7 Å². The molecule has 30 heavy (non-hydrogen) atoms. The number of nitrogens with one attached hydrogen (secondary N) is 1. The molecule has 2 heterocycles. The molecule has 11 heteroatoms. The van der Waals surface area contributed by atoms with Crippen LogP contribution in [0.1, 0.15) is 11.1 Å². The van der Waals surface area contributed by atoms with E-state index < -0.39 is 35.4 Å². The molecule has 1 amide bonds. The second kappa shape index (κ2) is 7.65. The minimum Gasteiger partial charge on any atom is -0.495 e. The highest BCUT2D eigenvalue weighted by atomic mass is 19.4. The zero-order chi connectivity index (χ0) is 22.2. The SMILES string of the molecule is COc1c(C)cnc2c1c(=O)n(CC(=O)Nc1ccc(C(F)(F)F)cc1)c(=O)n2C. The number of fused-ring (bicyclic) bond motifs is 1. The Kier molecular flexibility index (Phi) is 5.38. The lowest BCUT2D eigenvalue weighted by atomic mass is 10.2. The summed E-state index contributed by atoms with van der Waals surface area (Å²) in [6, 6.07) is 3.79. The number of methoxy groups -OCH3 is 1. The van der Waals surface area contributed by atoms with Crippen LogP contribution in [0, 0.1) is 6.92 Å².